The fourth-order valence-electron chi connectivity index (χ4n) is 1.86. The smallest absolute Gasteiger partial charge is 0.318 e. The van der Waals surface area contributed by atoms with Gasteiger partial charge in [0, 0.05) is 5.56 Å². The van der Waals surface area contributed by atoms with Gasteiger partial charge in [-0.25, -0.2) is 0 Å². The molecule has 0 aliphatic rings. The number of hydrogen-bond acceptors (Lipinski definition) is 3. The van der Waals surface area contributed by atoms with Crippen LogP contribution in [0.25, 0.3) is 11.5 Å². The summed E-state index contributed by atoms with van der Waals surface area (Å²) in [5, 5.41) is 11.3. The topological polar surface area (TPSA) is 52.4 Å². The Labute approximate surface area is 111 Å². The van der Waals surface area contributed by atoms with Crippen molar-refractivity contribution in [3.63, 3.8) is 0 Å². The summed E-state index contributed by atoms with van der Waals surface area (Å²) in [5.74, 6) is 0.261. The average molecular weight is 255 g/mol. The maximum Gasteiger partial charge on any atom is 0.318 e. The van der Waals surface area contributed by atoms with Gasteiger partial charge < -0.3 is 4.74 Å². The largest absolute Gasteiger partial charge is 0.490 e. The van der Waals surface area contributed by atoms with Gasteiger partial charge in [-0.2, -0.15) is 0 Å². The molecule has 19 heavy (non-hydrogen) atoms. The first-order chi connectivity index (χ1) is 9.24. The van der Waals surface area contributed by atoms with Crippen molar-refractivity contribution in [3.8, 4) is 0 Å². The van der Waals surface area contributed by atoms with Gasteiger partial charge in [0.25, 0.3) is 0 Å². The molecule has 0 atom stereocenters. The predicted molar refractivity (Wildman–Crippen MR) is 73.7 cm³/mol. The van der Waals surface area contributed by atoms with Crippen LogP contribution in [0.3, 0.4) is 0 Å². The first-order valence-corrected chi connectivity index (χ1v) is 5.77. The molecule has 0 aromatic heterocycles. The number of methoxy groups -OCH3 is 1. The van der Waals surface area contributed by atoms with Crippen molar-refractivity contribution in [3.05, 3.63) is 81.9 Å². The summed E-state index contributed by atoms with van der Waals surface area (Å²) >= 11 is 0. The zero-order valence-corrected chi connectivity index (χ0v) is 10.4. The molecule has 0 amide bonds. The highest BCUT2D eigenvalue weighted by Gasteiger charge is 2.23. The second-order valence-corrected chi connectivity index (χ2v) is 3.87. The quantitative estimate of drug-likeness (QED) is 0.364. The highest BCUT2D eigenvalue weighted by molar-refractivity contribution is 5.83. The first kappa shape index (κ1) is 12.8. The third-order valence-electron chi connectivity index (χ3n) is 2.68. The Morgan fingerprint density at radius 3 is 1.84 bits per heavy atom. The van der Waals surface area contributed by atoms with Crippen LogP contribution in [0, 0.1) is 10.1 Å². The molecule has 2 aromatic rings. The third kappa shape index (κ3) is 2.80. The van der Waals surface area contributed by atoms with E-state index >= 15 is 0 Å². The van der Waals surface area contributed by atoms with Crippen molar-refractivity contribution < 1.29 is 9.66 Å². The van der Waals surface area contributed by atoms with Gasteiger partial charge in [-0.15, -0.1) is 0 Å². The highest BCUT2D eigenvalue weighted by atomic mass is 16.6. The van der Waals surface area contributed by atoms with Gasteiger partial charge >= 0.3 is 5.70 Å². The number of nitro groups is 1. The minimum atomic E-state index is -0.416. The maximum absolute atomic E-state index is 11.3. The van der Waals surface area contributed by atoms with Gasteiger partial charge in [0.1, 0.15) is 0 Å². The highest BCUT2D eigenvalue weighted by Crippen LogP contribution is 2.27. The summed E-state index contributed by atoms with van der Waals surface area (Å²) in [6.07, 6.45) is 0. The fourth-order valence-corrected chi connectivity index (χ4v) is 1.86. The van der Waals surface area contributed by atoms with E-state index in [1.54, 1.807) is 36.4 Å². The van der Waals surface area contributed by atoms with Crippen LogP contribution in [0.4, 0.5) is 0 Å². The van der Waals surface area contributed by atoms with E-state index in [-0.39, 0.29) is 11.5 Å². The fraction of sp³-hybridized carbons (Fsp3) is 0.0667. The van der Waals surface area contributed by atoms with Crippen molar-refractivity contribution in [2.75, 3.05) is 7.11 Å². The standard InChI is InChI=1S/C15H13NO3/c1-19-15(13-10-6-3-7-11-13)14(16(17)18)12-8-4-2-5-9-12/h2-11H,1H3/b15-14-. The molecule has 0 aliphatic carbocycles. The minimum absolute atomic E-state index is 0.0331. The van der Waals surface area contributed by atoms with E-state index in [1.165, 1.54) is 7.11 Å². The van der Waals surface area contributed by atoms with Gasteiger partial charge in [-0.1, -0.05) is 48.5 Å². The van der Waals surface area contributed by atoms with Crippen molar-refractivity contribution >= 4 is 11.5 Å². The van der Waals surface area contributed by atoms with Gasteiger partial charge in [0.05, 0.1) is 17.6 Å². The molecule has 0 fully saturated rings. The molecule has 4 heteroatoms. The average Bonchev–Trinajstić information content (AvgIpc) is 2.46. The molecule has 0 unspecified atom stereocenters. The van der Waals surface area contributed by atoms with Crippen molar-refractivity contribution in [1.29, 1.82) is 0 Å². The monoisotopic (exact) mass is 255 g/mol. The van der Waals surface area contributed by atoms with E-state index in [0.29, 0.717) is 11.1 Å². The minimum Gasteiger partial charge on any atom is -0.490 e. The molecule has 0 radical (unpaired) electrons. The molecule has 2 rings (SSSR count). The first-order valence-electron chi connectivity index (χ1n) is 5.77. The van der Waals surface area contributed by atoms with Crippen LogP contribution in [0.5, 0.6) is 0 Å². The van der Waals surface area contributed by atoms with E-state index in [1.807, 2.05) is 24.3 Å². The summed E-state index contributed by atoms with van der Waals surface area (Å²) in [6, 6.07) is 17.8. The normalized spacial score (nSPS) is 11.6. The molecular formula is C15H13NO3. The molecule has 0 saturated carbocycles. The Bertz CT molecular complexity index is 591. The Hall–Kier alpha value is -2.62. The number of rotatable bonds is 4. The molecule has 2 aromatic carbocycles. The molecular weight excluding hydrogens is 242 g/mol. The predicted octanol–water partition coefficient (Wildman–Crippen LogP) is 3.44. The number of hydrogen-bond donors (Lipinski definition) is 0. The van der Waals surface area contributed by atoms with Crippen molar-refractivity contribution in [2.24, 2.45) is 0 Å². The van der Waals surface area contributed by atoms with Crippen LogP contribution in [-0.4, -0.2) is 12.0 Å². The Kier molecular flexibility index (Phi) is 3.93. The van der Waals surface area contributed by atoms with Crippen LogP contribution in [0.1, 0.15) is 11.1 Å². The van der Waals surface area contributed by atoms with Gasteiger partial charge in [-0.3, -0.25) is 10.1 Å². The molecule has 0 aliphatic heterocycles. The number of ether oxygens (including phenoxy) is 1. The van der Waals surface area contributed by atoms with E-state index in [9.17, 15) is 10.1 Å². The summed E-state index contributed by atoms with van der Waals surface area (Å²) in [4.78, 5) is 10.9. The van der Waals surface area contributed by atoms with E-state index in [0.717, 1.165) is 0 Å². The SMILES string of the molecule is CO/C(=C(/c1ccccc1)[N+](=O)[O-])c1ccccc1. The lowest BCUT2D eigenvalue weighted by atomic mass is 10.1. The van der Waals surface area contributed by atoms with Crippen molar-refractivity contribution in [1.82, 2.24) is 0 Å². The van der Waals surface area contributed by atoms with Crippen LogP contribution in [0.2, 0.25) is 0 Å². The Morgan fingerprint density at radius 1 is 0.947 bits per heavy atom. The lowest BCUT2D eigenvalue weighted by molar-refractivity contribution is -0.375. The zero-order valence-electron chi connectivity index (χ0n) is 10.4. The molecule has 0 saturated heterocycles. The molecule has 0 spiro atoms. The summed E-state index contributed by atoms with van der Waals surface area (Å²) in [6.45, 7) is 0. The summed E-state index contributed by atoms with van der Waals surface area (Å²) in [7, 11) is 1.44. The molecule has 0 heterocycles. The lowest BCUT2D eigenvalue weighted by Gasteiger charge is -2.08. The van der Waals surface area contributed by atoms with Crippen LogP contribution in [-0.2, 0) is 4.74 Å². The molecule has 4 nitrogen and oxygen atoms in total. The van der Waals surface area contributed by atoms with Crippen molar-refractivity contribution in [2.45, 2.75) is 0 Å². The van der Waals surface area contributed by atoms with Crippen LogP contribution in [0.15, 0.2) is 60.7 Å². The third-order valence-corrected chi connectivity index (χ3v) is 2.68. The maximum atomic E-state index is 11.3. The van der Waals surface area contributed by atoms with E-state index in [2.05, 4.69) is 0 Å². The second kappa shape index (κ2) is 5.82. The van der Waals surface area contributed by atoms with E-state index in [4.69, 9.17) is 4.74 Å². The molecule has 96 valence electrons. The summed E-state index contributed by atoms with van der Waals surface area (Å²) in [5.41, 5.74) is 1.17. The van der Waals surface area contributed by atoms with Crippen LogP contribution < -0.4 is 0 Å². The van der Waals surface area contributed by atoms with Gasteiger partial charge in [0.2, 0.25) is 5.76 Å². The zero-order chi connectivity index (χ0) is 13.7. The van der Waals surface area contributed by atoms with Gasteiger partial charge in [-0.05, 0) is 12.1 Å². The summed E-state index contributed by atoms with van der Waals surface area (Å²) < 4.78 is 5.25. The van der Waals surface area contributed by atoms with Crippen LogP contribution >= 0.6 is 0 Å². The lowest BCUT2D eigenvalue weighted by Crippen LogP contribution is -2.03. The second-order valence-electron chi connectivity index (χ2n) is 3.87. The number of nitrogens with zero attached hydrogens (tertiary/aromatic N) is 1. The number of benzene rings is 2. The Balaban J connectivity index is 2.64. The molecule has 0 bridgehead atoms. The Morgan fingerprint density at radius 2 is 1.42 bits per heavy atom. The van der Waals surface area contributed by atoms with E-state index < -0.39 is 4.92 Å². The molecule has 0 N–H and O–H groups in total. The van der Waals surface area contributed by atoms with Gasteiger partial charge in [0.15, 0.2) is 0 Å².